The highest BCUT2D eigenvalue weighted by atomic mass is 32.2. The average Bonchev–Trinajstić information content (AvgIpc) is 3.57. The Bertz CT molecular complexity index is 2140. The molecule has 1 aromatic heterocycles. The number of carbonyl (C=O) groups excluding carboxylic acids is 2. The minimum atomic E-state index is -5.54. The summed E-state index contributed by atoms with van der Waals surface area (Å²) in [7, 11) is -8.33. The maximum Gasteiger partial charge on any atom is 0.501 e. The van der Waals surface area contributed by atoms with E-state index in [0.717, 1.165) is 27.8 Å². The van der Waals surface area contributed by atoms with E-state index in [1.807, 2.05) is 6.07 Å². The van der Waals surface area contributed by atoms with Gasteiger partial charge in [-0.25, -0.2) is 21.6 Å². The molecule has 13 nitrogen and oxygen atoms in total. The SMILES string of the molecule is COc1cccc(C(=O)NCc2cc(C(=O)O)c(S(=O)(=O)N3CCC(Nc4cccc(S(=O)(=O)C(F)(F)F)c4)CC3)s2)c1.NC(=O)c1ccccc1. The molecule has 1 saturated heterocycles. The van der Waals surface area contributed by atoms with Gasteiger partial charge in [-0.1, -0.05) is 30.3 Å². The number of primary amides is 1. The van der Waals surface area contributed by atoms with Gasteiger partial charge in [0.25, 0.3) is 25.8 Å². The summed E-state index contributed by atoms with van der Waals surface area (Å²) in [5.41, 5.74) is 0.0635. The monoisotopic (exact) mass is 782 g/mol. The lowest BCUT2D eigenvalue weighted by atomic mass is 10.1. The fourth-order valence-electron chi connectivity index (χ4n) is 4.97. The predicted molar refractivity (Wildman–Crippen MR) is 185 cm³/mol. The van der Waals surface area contributed by atoms with Gasteiger partial charge in [-0.3, -0.25) is 9.59 Å². The molecule has 0 spiro atoms. The molecule has 19 heteroatoms. The molecule has 0 atom stereocenters. The Hall–Kier alpha value is -4.98. The molecule has 52 heavy (non-hydrogen) atoms. The third-order valence-corrected chi connectivity index (χ3v) is 12.7. The Balaban J connectivity index is 0.000000585. The van der Waals surface area contributed by atoms with Crippen LogP contribution in [0, 0.1) is 0 Å². The van der Waals surface area contributed by atoms with Crippen LogP contribution in [0.3, 0.4) is 0 Å². The number of hydrogen-bond donors (Lipinski definition) is 4. The molecule has 1 fully saturated rings. The first kappa shape index (κ1) is 39.8. The van der Waals surface area contributed by atoms with Gasteiger partial charge in [0.15, 0.2) is 0 Å². The van der Waals surface area contributed by atoms with Gasteiger partial charge in [-0.2, -0.15) is 17.5 Å². The molecule has 0 unspecified atom stereocenters. The fraction of sp³-hybridized carbons (Fsp3) is 0.242. The van der Waals surface area contributed by atoms with Gasteiger partial charge in [0.1, 0.15) is 9.96 Å². The molecule has 5 rings (SSSR count). The zero-order chi connectivity index (χ0) is 38.3. The summed E-state index contributed by atoms with van der Waals surface area (Å²) in [6.45, 7) is -0.176. The molecule has 278 valence electrons. The highest BCUT2D eigenvalue weighted by molar-refractivity contribution is 7.92. The normalized spacial score (nSPS) is 14.1. The predicted octanol–water partition coefficient (Wildman–Crippen LogP) is 4.73. The number of carboxylic acid groups (broad SMARTS) is 1. The third-order valence-electron chi connectivity index (χ3n) is 7.64. The van der Waals surface area contributed by atoms with E-state index in [9.17, 15) is 49.5 Å². The molecule has 5 N–H and O–H groups in total. The second-order valence-electron chi connectivity index (χ2n) is 11.2. The standard InChI is InChI=1S/C26H26F3N3O8S3.C7H7NO/c1-40-19-6-2-4-16(12-19)23(33)30-15-20-14-22(24(34)35)25(41-20)43(38,39)32-10-8-17(9-11-32)31-18-5-3-7-21(13-18)42(36,37)26(27,28)29;8-7(9)6-4-2-1-3-5-6/h2-7,12-14,17,31H,8-11,15H2,1H3,(H,30,33)(H,34,35);1-5H,(H2,8,9). The van der Waals surface area contributed by atoms with Crippen LogP contribution in [0.5, 0.6) is 5.75 Å². The van der Waals surface area contributed by atoms with Crippen molar-refractivity contribution in [3.63, 3.8) is 0 Å². The Morgan fingerprint density at radius 1 is 0.923 bits per heavy atom. The number of sulfonamides is 1. The number of nitrogens with one attached hydrogen (secondary N) is 2. The molecule has 0 saturated carbocycles. The minimum absolute atomic E-state index is 0.0284. The maximum atomic E-state index is 13.4. The molecule has 0 aliphatic carbocycles. The van der Waals surface area contributed by atoms with Gasteiger partial charge in [-0.05, 0) is 67.4 Å². The van der Waals surface area contributed by atoms with Crippen LogP contribution in [-0.2, 0) is 26.4 Å². The van der Waals surface area contributed by atoms with Gasteiger partial charge in [0, 0.05) is 40.8 Å². The van der Waals surface area contributed by atoms with Crippen LogP contribution >= 0.6 is 11.3 Å². The summed E-state index contributed by atoms with van der Waals surface area (Å²) in [6.07, 6.45) is 0.430. The number of benzene rings is 3. The van der Waals surface area contributed by atoms with Crippen molar-refractivity contribution in [3.8, 4) is 5.75 Å². The molecule has 2 heterocycles. The number of carbonyl (C=O) groups is 3. The summed E-state index contributed by atoms with van der Waals surface area (Å²) in [4.78, 5) is 34.3. The molecular formula is C33H33F3N4O9S3. The summed E-state index contributed by atoms with van der Waals surface area (Å²) < 4.78 is 95.0. The Labute approximate surface area is 301 Å². The van der Waals surface area contributed by atoms with Crippen molar-refractivity contribution in [3.05, 3.63) is 106 Å². The number of alkyl halides is 3. The first-order valence-corrected chi connectivity index (χ1v) is 19.0. The van der Waals surface area contributed by atoms with Gasteiger partial charge < -0.3 is 26.2 Å². The lowest BCUT2D eigenvalue weighted by molar-refractivity contribution is -0.0436. The van der Waals surface area contributed by atoms with Gasteiger partial charge in [0.2, 0.25) is 5.91 Å². The number of aromatic carboxylic acids is 1. The first-order valence-electron chi connectivity index (χ1n) is 15.2. The molecule has 1 aliphatic rings. The van der Waals surface area contributed by atoms with Gasteiger partial charge >= 0.3 is 11.5 Å². The van der Waals surface area contributed by atoms with Crippen molar-refractivity contribution >= 4 is 54.7 Å². The van der Waals surface area contributed by atoms with E-state index in [4.69, 9.17) is 10.5 Å². The minimum Gasteiger partial charge on any atom is -0.497 e. The molecule has 1 aliphatic heterocycles. The number of nitrogens with two attached hydrogens (primary N) is 1. The number of anilines is 1. The number of ether oxygens (including phenoxy) is 1. The number of piperidine rings is 1. The number of rotatable bonds is 11. The van der Waals surface area contributed by atoms with E-state index in [-0.39, 0.29) is 54.3 Å². The summed E-state index contributed by atoms with van der Waals surface area (Å²) >= 11 is 0.728. The average molecular weight is 783 g/mol. The Kier molecular flexibility index (Phi) is 12.7. The largest absolute Gasteiger partial charge is 0.501 e. The van der Waals surface area contributed by atoms with Crippen molar-refractivity contribution in [2.24, 2.45) is 5.73 Å². The number of nitrogens with zero attached hydrogens (tertiary/aromatic N) is 1. The van der Waals surface area contributed by atoms with Crippen molar-refractivity contribution in [1.29, 1.82) is 0 Å². The molecule has 4 aromatic rings. The fourth-order valence-corrected chi connectivity index (χ4v) is 9.00. The van der Waals surface area contributed by atoms with Crippen LogP contribution in [-0.4, -0.2) is 75.8 Å². The van der Waals surface area contributed by atoms with E-state index in [1.165, 1.54) is 31.4 Å². The number of amides is 2. The number of thiophene rings is 1. The zero-order valence-corrected chi connectivity index (χ0v) is 29.7. The van der Waals surface area contributed by atoms with Crippen LogP contribution in [0.2, 0.25) is 0 Å². The van der Waals surface area contributed by atoms with E-state index in [0.29, 0.717) is 21.8 Å². The number of hydrogen-bond acceptors (Lipinski definition) is 10. The van der Waals surface area contributed by atoms with Crippen molar-refractivity contribution in [1.82, 2.24) is 9.62 Å². The number of halogens is 3. The van der Waals surface area contributed by atoms with E-state index in [1.54, 1.807) is 42.5 Å². The number of carboxylic acids is 1. The van der Waals surface area contributed by atoms with Crippen LogP contribution in [0.15, 0.2) is 94.0 Å². The zero-order valence-electron chi connectivity index (χ0n) is 27.3. The quantitative estimate of drug-likeness (QED) is 0.165. The van der Waals surface area contributed by atoms with Gasteiger partial charge in [-0.15, -0.1) is 11.3 Å². The summed E-state index contributed by atoms with van der Waals surface area (Å²) in [5.74, 6) is -1.84. The van der Waals surface area contributed by atoms with E-state index >= 15 is 0 Å². The van der Waals surface area contributed by atoms with Gasteiger partial charge in [0.05, 0.1) is 24.1 Å². The van der Waals surface area contributed by atoms with Crippen LogP contribution in [0.4, 0.5) is 18.9 Å². The van der Waals surface area contributed by atoms with E-state index < -0.39 is 47.7 Å². The van der Waals surface area contributed by atoms with Crippen LogP contribution < -0.4 is 21.1 Å². The lowest BCUT2D eigenvalue weighted by Crippen LogP contribution is -2.42. The third kappa shape index (κ3) is 9.66. The van der Waals surface area contributed by atoms with Crippen molar-refractivity contribution in [2.45, 2.75) is 40.0 Å². The first-order chi connectivity index (χ1) is 24.4. The molecule has 3 aromatic carbocycles. The highest BCUT2D eigenvalue weighted by Gasteiger charge is 2.47. The maximum absolute atomic E-state index is 13.4. The smallest absolute Gasteiger partial charge is 0.497 e. The second-order valence-corrected chi connectivity index (χ2v) is 16.4. The highest BCUT2D eigenvalue weighted by Crippen LogP contribution is 2.34. The molecule has 2 amide bonds. The van der Waals surface area contributed by atoms with E-state index in [2.05, 4.69) is 10.6 Å². The number of sulfone groups is 1. The van der Waals surface area contributed by atoms with Crippen LogP contribution in [0.1, 0.15) is 48.8 Å². The van der Waals surface area contributed by atoms with Crippen LogP contribution in [0.25, 0.3) is 0 Å². The van der Waals surface area contributed by atoms with Crippen molar-refractivity contribution in [2.75, 3.05) is 25.5 Å². The molecule has 0 bridgehead atoms. The summed E-state index contributed by atoms with van der Waals surface area (Å²) in [5, 5.41) is 15.3. The molecular weight excluding hydrogens is 750 g/mol. The second kappa shape index (κ2) is 16.6. The Morgan fingerprint density at radius 2 is 1.56 bits per heavy atom. The summed E-state index contributed by atoms with van der Waals surface area (Å²) in [6, 6.07) is 20.2. The topological polar surface area (TPSA) is 202 Å². The number of methoxy groups -OCH3 is 1. The van der Waals surface area contributed by atoms with Crippen molar-refractivity contribution < 1.29 is 54.2 Å². The molecule has 0 radical (unpaired) electrons. The lowest BCUT2D eigenvalue weighted by Gasteiger charge is -2.32. The Morgan fingerprint density at radius 3 is 2.13 bits per heavy atom.